The molecule has 0 saturated carbocycles. The van der Waals surface area contributed by atoms with Gasteiger partial charge in [0, 0.05) is 29.5 Å². The maximum Gasteiger partial charge on any atom is 0.270 e. The average Bonchev–Trinajstić information content (AvgIpc) is 3.44. The molecule has 0 saturated heterocycles. The lowest BCUT2D eigenvalue weighted by Gasteiger charge is -2.22. The zero-order valence-corrected chi connectivity index (χ0v) is 20.6. The molecule has 1 aliphatic rings. The van der Waals surface area contributed by atoms with Crippen LogP contribution in [0.5, 0.6) is 11.5 Å². The molecule has 1 atom stereocenters. The fourth-order valence-electron chi connectivity index (χ4n) is 3.44. The van der Waals surface area contributed by atoms with Crippen LogP contribution < -0.4 is 14.8 Å². The number of carbonyl (C=O) groups excluding carboxylic acids is 1. The third-order valence-corrected chi connectivity index (χ3v) is 6.75. The van der Waals surface area contributed by atoms with E-state index < -0.39 is 0 Å². The summed E-state index contributed by atoms with van der Waals surface area (Å²) < 4.78 is 11.0. The van der Waals surface area contributed by atoms with E-state index >= 15 is 0 Å². The number of nitrogens with zero attached hydrogens (tertiary/aromatic N) is 2. The van der Waals surface area contributed by atoms with E-state index in [4.69, 9.17) is 21.1 Å². The summed E-state index contributed by atoms with van der Waals surface area (Å²) in [4.78, 5) is 19.5. The van der Waals surface area contributed by atoms with E-state index in [-0.39, 0.29) is 18.7 Å². The average molecular weight is 486 g/mol. The molecule has 2 heterocycles. The highest BCUT2D eigenvalue weighted by Crippen LogP contribution is 2.33. The summed E-state index contributed by atoms with van der Waals surface area (Å²) in [5, 5.41) is 6.47. The first-order valence-electron chi connectivity index (χ1n) is 11.0. The lowest BCUT2D eigenvalue weighted by atomic mass is 10.1. The molecule has 3 aromatic rings. The Morgan fingerprint density at radius 3 is 2.52 bits per heavy atom. The highest BCUT2D eigenvalue weighted by molar-refractivity contribution is 7.09. The molecule has 174 valence electrons. The first-order valence-corrected chi connectivity index (χ1v) is 12.2. The van der Waals surface area contributed by atoms with E-state index in [1.54, 1.807) is 0 Å². The van der Waals surface area contributed by atoms with Gasteiger partial charge in [-0.15, -0.1) is 11.3 Å². The molecule has 33 heavy (non-hydrogen) atoms. The normalized spacial score (nSPS) is 13.5. The Morgan fingerprint density at radius 1 is 1.06 bits per heavy atom. The summed E-state index contributed by atoms with van der Waals surface area (Å²) >= 11 is 7.57. The van der Waals surface area contributed by atoms with Gasteiger partial charge in [-0.3, -0.25) is 9.69 Å². The predicted octanol–water partition coefficient (Wildman–Crippen LogP) is 5.50. The van der Waals surface area contributed by atoms with E-state index in [0.29, 0.717) is 29.7 Å². The van der Waals surface area contributed by atoms with E-state index in [9.17, 15) is 4.79 Å². The van der Waals surface area contributed by atoms with Gasteiger partial charge in [-0.2, -0.15) is 0 Å². The first-order chi connectivity index (χ1) is 15.9. The minimum absolute atomic E-state index is 0.0926. The van der Waals surface area contributed by atoms with Crippen LogP contribution >= 0.6 is 22.9 Å². The van der Waals surface area contributed by atoms with Crippen LogP contribution in [0.4, 0.5) is 0 Å². The lowest BCUT2D eigenvalue weighted by Crippen LogP contribution is -2.36. The van der Waals surface area contributed by atoms with Crippen molar-refractivity contribution in [3.8, 4) is 11.5 Å². The van der Waals surface area contributed by atoms with E-state index in [2.05, 4.69) is 35.1 Å². The van der Waals surface area contributed by atoms with Crippen molar-refractivity contribution in [2.24, 2.45) is 5.92 Å². The molecule has 1 aliphatic heterocycles. The van der Waals surface area contributed by atoms with Crippen molar-refractivity contribution < 1.29 is 14.3 Å². The second-order valence-electron chi connectivity index (χ2n) is 8.59. The Hall–Kier alpha value is -2.61. The molecular formula is C25H28ClN3O3S. The van der Waals surface area contributed by atoms with Crippen molar-refractivity contribution in [3.05, 3.63) is 74.7 Å². The number of nitrogens with one attached hydrogen (secondary N) is 1. The fraction of sp³-hybridized carbons (Fsp3) is 0.360. The van der Waals surface area contributed by atoms with Crippen LogP contribution in [0.15, 0.2) is 47.8 Å². The largest absolute Gasteiger partial charge is 0.454 e. The van der Waals surface area contributed by atoms with E-state index in [1.165, 1.54) is 11.3 Å². The van der Waals surface area contributed by atoms with Gasteiger partial charge in [0.1, 0.15) is 10.7 Å². The molecule has 1 amide bonds. The molecule has 0 radical (unpaired) electrons. The molecule has 2 aromatic carbocycles. The number of ether oxygens (including phenoxy) is 2. The van der Waals surface area contributed by atoms with Crippen LogP contribution in [0.25, 0.3) is 0 Å². The zero-order chi connectivity index (χ0) is 23.4. The van der Waals surface area contributed by atoms with Crippen LogP contribution in [0.3, 0.4) is 0 Å². The van der Waals surface area contributed by atoms with Gasteiger partial charge in [0.05, 0.1) is 6.54 Å². The Balaban J connectivity index is 1.49. The quantitative estimate of drug-likeness (QED) is 0.433. The molecule has 0 fully saturated rings. The summed E-state index contributed by atoms with van der Waals surface area (Å²) in [6.45, 7) is 8.47. The summed E-state index contributed by atoms with van der Waals surface area (Å²) in [5.74, 6) is 1.78. The van der Waals surface area contributed by atoms with Crippen LogP contribution in [-0.4, -0.2) is 28.6 Å². The number of hydrogen-bond acceptors (Lipinski definition) is 6. The summed E-state index contributed by atoms with van der Waals surface area (Å²) in [7, 11) is 0. The molecule has 1 N–H and O–H groups in total. The second kappa shape index (κ2) is 10.5. The zero-order valence-electron chi connectivity index (χ0n) is 19.0. The van der Waals surface area contributed by atoms with Gasteiger partial charge in [-0.1, -0.05) is 43.6 Å². The number of rotatable bonds is 9. The maximum absolute atomic E-state index is 12.6. The molecule has 4 rings (SSSR count). The SMILES string of the molecule is CC(C)C(C)NC(=O)c1csc(CN(Cc2ccc(Cl)cc2)Cc2ccc3c(c2)OCO3)n1. The third kappa shape index (κ3) is 6.25. The van der Waals surface area contributed by atoms with Crippen molar-refractivity contribution in [1.82, 2.24) is 15.2 Å². The van der Waals surface area contributed by atoms with Gasteiger partial charge in [0.25, 0.3) is 5.91 Å². The molecule has 1 unspecified atom stereocenters. The first kappa shape index (κ1) is 23.5. The number of fused-ring (bicyclic) bond motifs is 1. The standard InChI is InChI=1S/C25H28ClN3O3S/c1-16(2)17(3)27-25(30)21-14-33-24(28-21)13-29(11-18-4-7-20(26)8-5-18)12-19-6-9-22-23(10-19)32-15-31-22/h4-10,14,16-17H,11-13,15H2,1-3H3,(H,27,30). The maximum atomic E-state index is 12.6. The molecule has 1 aromatic heterocycles. The summed E-state index contributed by atoms with van der Waals surface area (Å²) in [6, 6.07) is 14.0. The number of amides is 1. The molecule has 0 spiro atoms. The van der Waals surface area contributed by atoms with Gasteiger partial charge in [-0.05, 0) is 48.2 Å². The Bertz CT molecular complexity index is 1100. The highest BCUT2D eigenvalue weighted by Gasteiger charge is 2.18. The summed E-state index contributed by atoms with van der Waals surface area (Å²) in [6.07, 6.45) is 0. The minimum Gasteiger partial charge on any atom is -0.454 e. The van der Waals surface area contributed by atoms with Gasteiger partial charge >= 0.3 is 0 Å². The number of carbonyl (C=O) groups is 1. The van der Waals surface area contributed by atoms with E-state index in [0.717, 1.165) is 34.2 Å². The van der Waals surface area contributed by atoms with Gasteiger partial charge < -0.3 is 14.8 Å². The second-order valence-corrected chi connectivity index (χ2v) is 9.97. The predicted molar refractivity (Wildman–Crippen MR) is 131 cm³/mol. The molecule has 6 nitrogen and oxygen atoms in total. The van der Waals surface area contributed by atoms with Crippen LogP contribution in [-0.2, 0) is 19.6 Å². The minimum atomic E-state index is -0.126. The van der Waals surface area contributed by atoms with Crippen LogP contribution in [0.1, 0.15) is 47.4 Å². The number of hydrogen-bond donors (Lipinski definition) is 1. The number of aromatic nitrogens is 1. The molecule has 8 heteroatoms. The van der Waals surface area contributed by atoms with Gasteiger partial charge in [0.15, 0.2) is 11.5 Å². The lowest BCUT2D eigenvalue weighted by molar-refractivity contribution is 0.0925. The molecule has 0 aliphatic carbocycles. The van der Waals surface area contributed by atoms with Crippen molar-refractivity contribution in [2.45, 2.75) is 46.4 Å². The van der Waals surface area contributed by atoms with Crippen molar-refractivity contribution in [2.75, 3.05) is 6.79 Å². The number of halogens is 1. The topological polar surface area (TPSA) is 63.7 Å². The highest BCUT2D eigenvalue weighted by atomic mass is 35.5. The van der Waals surface area contributed by atoms with Crippen LogP contribution in [0.2, 0.25) is 5.02 Å². The van der Waals surface area contributed by atoms with Gasteiger partial charge in [0.2, 0.25) is 6.79 Å². The van der Waals surface area contributed by atoms with Crippen molar-refractivity contribution in [1.29, 1.82) is 0 Å². The Kier molecular flexibility index (Phi) is 7.53. The van der Waals surface area contributed by atoms with Crippen LogP contribution in [0, 0.1) is 5.92 Å². The summed E-state index contributed by atoms with van der Waals surface area (Å²) in [5.41, 5.74) is 2.74. The smallest absolute Gasteiger partial charge is 0.270 e. The monoisotopic (exact) mass is 485 g/mol. The molecule has 0 bridgehead atoms. The number of benzene rings is 2. The number of thiazole rings is 1. The third-order valence-electron chi connectivity index (χ3n) is 5.66. The van der Waals surface area contributed by atoms with Crippen molar-refractivity contribution in [3.63, 3.8) is 0 Å². The molecular weight excluding hydrogens is 458 g/mol. The Labute approximate surface area is 203 Å². The van der Waals surface area contributed by atoms with Gasteiger partial charge in [-0.25, -0.2) is 4.98 Å². The Morgan fingerprint density at radius 2 is 1.76 bits per heavy atom. The van der Waals surface area contributed by atoms with Crippen molar-refractivity contribution >= 4 is 28.8 Å². The van der Waals surface area contributed by atoms with E-state index in [1.807, 2.05) is 48.7 Å². The fourth-order valence-corrected chi connectivity index (χ4v) is 4.38.